The standard InChI is InChI=1S/C23H24F5N3O3S/c1-2-35(33,34)29-21-19(31(13-23(21,27)28)22(32)30-7-4-8-30)11-14-5-3-6-18(20(14)26)15-9-16(24)12-17(25)10-15/h3,5-6,9-10,12,19,21,29H,2,4,7-8,11,13H2,1H3/t19-,21+/m0/s1. The van der Waals surface area contributed by atoms with Crippen LogP contribution in [0.25, 0.3) is 11.1 Å². The Labute approximate surface area is 199 Å². The Morgan fingerprint density at radius 1 is 1.11 bits per heavy atom. The minimum atomic E-state index is -4.09. The van der Waals surface area contributed by atoms with Gasteiger partial charge < -0.3 is 9.80 Å². The predicted molar refractivity (Wildman–Crippen MR) is 119 cm³/mol. The van der Waals surface area contributed by atoms with Crippen molar-refractivity contribution in [2.75, 3.05) is 25.4 Å². The molecule has 2 amide bonds. The van der Waals surface area contributed by atoms with Crippen molar-refractivity contribution in [1.82, 2.24) is 14.5 Å². The van der Waals surface area contributed by atoms with Gasteiger partial charge >= 0.3 is 6.03 Å². The summed E-state index contributed by atoms with van der Waals surface area (Å²) in [7, 11) is -4.09. The fourth-order valence-corrected chi connectivity index (χ4v) is 5.25. The van der Waals surface area contributed by atoms with Crippen LogP contribution in [0.15, 0.2) is 36.4 Å². The summed E-state index contributed by atoms with van der Waals surface area (Å²) in [5.41, 5.74) is -0.343. The van der Waals surface area contributed by atoms with Gasteiger partial charge in [-0.3, -0.25) is 0 Å². The summed E-state index contributed by atoms with van der Waals surface area (Å²) in [6, 6.07) is 2.45. The van der Waals surface area contributed by atoms with Gasteiger partial charge in [-0.1, -0.05) is 18.2 Å². The Balaban J connectivity index is 1.73. The van der Waals surface area contributed by atoms with Crippen molar-refractivity contribution in [3.63, 3.8) is 0 Å². The van der Waals surface area contributed by atoms with Crippen LogP contribution in [-0.2, 0) is 16.4 Å². The predicted octanol–water partition coefficient (Wildman–Crippen LogP) is 3.77. The van der Waals surface area contributed by atoms with Gasteiger partial charge in [0.15, 0.2) is 0 Å². The number of carbonyl (C=O) groups is 1. The highest BCUT2D eigenvalue weighted by Gasteiger charge is 2.57. The summed E-state index contributed by atoms with van der Waals surface area (Å²) >= 11 is 0. The summed E-state index contributed by atoms with van der Waals surface area (Å²) in [6.07, 6.45) is 0.275. The number of benzene rings is 2. The van der Waals surface area contributed by atoms with Crippen molar-refractivity contribution in [3.05, 3.63) is 59.4 Å². The van der Waals surface area contributed by atoms with Gasteiger partial charge in [0.05, 0.1) is 18.3 Å². The lowest BCUT2D eigenvalue weighted by Crippen LogP contribution is -2.55. The molecule has 0 unspecified atom stereocenters. The molecule has 2 aliphatic heterocycles. The number of alkyl halides is 2. The molecule has 4 rings (SSSR count). The first-order chi connectivity index (χ1) is 16.4. The SMILES string of the molecule is CCS(=O)(=O)N[C@@H]1[C@H](Cc2cccc(-c3cc(F)cc(F)c3)c2F)N(C(=O)N2CCC2)CC1(F)F. The van der Waals surface area contributed by atoms with Crippen molar-refractivity contribution in [3.8, 4) is 11.1 Å². The molecule has 2 heterocycles. The van der Waals surface area contributed by atoms with Crippen LogP contribution >= 0.6 is 0 Å². The maximum atomic E-state index is 15.5. The molecule has 0 aliphatic carbocycles. The zero-order valence-corrected chi connectivity index (χ0v) is 19.6. The minimum Gasteiger partial charge on any atom is -0.325 e. The van der Waals surface area contributed by atoms with E-state index >= 15 is 13.2 Å². The molecule has 0 aromatic heterocycles. The lowest BCUT2D eigenvalue weighted by molar-refractivity contribution is -0.00560. The van der Waals surface area contributed by atoms with E-state index in [1.54, 1.807) is 0 Å². The number of rotatable bonds is 6. The maximum absolute atomic E-state index is 15.5. The van der Waals surface area contributed by atoms with Gasteiger partial charge in [-0.05, 0) is 43.0 Å². The van der Waals surface area contributed by atoms with Gasteiger partial charge in [-0.15, -0.1) is 0 Å². The van der Waals surface area contributed by atoms with Gasteiger partial charge in [0, 0.05) is 24.7 Å². The monoisotopic (exact) mass is 517 g/mol. The van der Waals surface area contributed by atoms with Crippen LogP contribution in [0.5, 0.6) is 0 Å². The number of urea groups is 1. The zero-order valence-electron chi connectivity index (χ0n) is 18.8. The average Bonchev–Trinajstić information content (AvgIpc) is 2.97. The molecule has 2 aromatic rings. The van der Waals surface area contributed by atoms with Gasteiger partial charge in [-0.2, -0.15) is 0 Å². The summed E-state index contributed by atoms with van der Waals surface area (Å²) in [5, 5.41) is 0. The fraction of sp³-hybridized carbons (Fsp3) is 0.435. The Morgan fingerprint density at radius 3 is 2.34 bits per heavy atom. The summed E-state index contributed by atoms with van der Waals surface area (Å²) in [6.45, 7) is 1.02. The highest BCUT2D eigenvalue weighted by atomic mass is 32.2. The smallest absolute Gasteiger partial charge is 0.320 e. The molecule has 12 heteroatoms. The molecule has 0 spiro atoms. The average molecular weight is 518 g/mol. The molecular formula is C23H24F5N3O3S. The van der Waals surface area contributed by atoms with E-state index in [0.29, 0.717) is 25.6 Å². The first-order valence-corrected chi connectivity index (χ1v) is 12.7. The number of nitrogens with one attached hydrogen (secondary N) is 1. The van der Waals surface area contributed by atoms with Crippen molar-refractivity contribution in [2.45, 2.75) is 37.8 Å². The molecule has 1 N–H and O–H groups in total. The van der Waals surface area contributed by atoms with Crippen LogP contribution in [0.4, 0.5) is 26.7 Å². The van der Waals surface area contributed by atoms with Crippen molar-refractivity contribution in [2.24, 2.45) is 0 Å². The van der Waals surface area contributed by atoms with E-state index in [-0.39, 0.29) is 16.7 Å². The molecule has 0 radical (unpaired) electrons. The Bertz CT molecular complexity index is 1220. The fourth-order valence-electron chi connectivity index (χ4n) is 4.37. The number of hydrogen-bond donors (Lipinski definition) is 1. The molecule has 2 atom stereocenters. The van der Waals surface area contributed by atoms with E-state index in [9.17, 15) is 22.0 Å². The van der Waals surface area contributed by atoms with E-state index in [4.69, 9.17) is 0 Å². The second kappa shape index (κ2) is 9.38. The van der Waals surface area contributed by atoms with Gasteiger partial charge in [-0.25, -0.2) is 39.9 Å². The summed E-state index contributed by atoms with van der Waals surface area (Å²) in [5.74, 6) is -6.79. The zero-order chi connectivity index (χ0) is 25.5. The Hall–Kier alpha value is -2.73. The topological polar surface area (TPSA) is 69.7 Å². The third kappa shape index (κ3) is 5.13. The second-order valence-corrected chi connectivity index (χ2v) is 10.8. The van der Waals surface area contributed by atoms with Crippen molar-refractivity contribution < 1.29 is 35.2 Å². The third-order valence-electron chi connectivity index (χ3n) is 6.36. The quantitative estimate of drug-likeness (QED) is 0.594. The number of likely N-dealkylation sites (tertiary alicyclic amines) is 2. The number of amides is 2. The van der Waals surface area contributed by atoms with Crippen LogP contribution < -0.4 is 4.72 Å². The lowest BCUT2D eigenvalue weighted by Gasteiger charge is -2.37. The number of nitrogens with zero attached hydrogens (tertiary/aromatic N) is 2. The van der Waals surface area contributed by atoms with E-state index in [1.165, 1.54) is 30.0 Å². The second-order valence-electron chi connectivity index (χ2n) is 8.72. The van der Waals surface area contributed by atoms with Gasteiger partial charge in [0.2, 0.25) is 10.0 Å². The number of carbonyl (C=O) groups excluding carboxylic acids is 1. The third-order valence-corrected chi connectivity index (χ3v) is 7.73. The first kappa shape index (κ1) is 25.4. The summed E-state index contributed by atoms with van der Waals surface area (Å²) < 4.78 is 99.3. The normalized spacial score (nSPS) is 21.8. The molecule has 0 bridgehead atoms. The molecule has 2 fully saturated rings. The van der Waals surface area contributed by atoms with Crippen LogP contribution in [0, 0.1) is 17.5 Å². The number of hydrogen-bond acceptors (Lipinski definition) is 3. The summed E-state index contributed by atoms with van der Waals surface area (Å²) in [4.78, 5) is 15.2. The van der Waals surface area contributed by atoms with E-state index in [0.717, 1.165) is 17.0 Å². The highest BCUT2D eigenvalue weighted by Crippen LogP contribution is 2.37. The minimum absolute atomic E-state index is 0.0876. The van der Waals surface area contributed by atoms with Crippen LogP contribution in [0.1, 0.15) is 18.9 Å². The van der Waals surface area contributed by atoms with Crippen molar-refractivity contribution >= 4 is 16.1 Å². The molecular weight excluding hydrogens is 493 g/mol. The van der Waals surface area contributed by atoms with Crippen LogP contribution in [-0.4, -0.2) is 67.6 Å². The molecule has 35 heavy (non-hydrogen) atoms. The van der Waals surface area contributed by atoms with E-state index in [1.807, 2.05) is 4.72 Å². The molecule has 2 saturated heterocycles. The molecule has 0 saturated carbocycles. The van der Waals surface area contributed by atoms with Crippen molar-refractivity contribution in [1.29, 1.82) is 0 Å². The highest BCUT2D eigenvalue weighted by molar-refractivity contribution is 7.89. The Kier molecular flexibility index (Phi) is 6.80. The lowest BCUT2D eigenvalue weighted by atomic mass is 9.95. The van der Waals surface area contributed by atoms with Gasteiger partial charge in [0.25, 0.3) is 5.92 Å². The van der Waals surface area contributed by atoms with Crippen LogP contribution in [0.3, 0.4) is 0 Å². The largest absolute Gasteiger partial charge is 0.325 e. The van der Waals surface area contributed by atoms with Gasteiger partial charge in [0.1, 0.15) is 23.5 Å². The molecule has 6 nitrogen and oxygen atoms in total. The number of halogens is 5. The molecule has 2 aromatic carbocycles. The molecule has 2 aliphatic rings. The number of sulfonamides is 1. The van der Waals surface area contributed by atoms with Crippen LogP contribution in [0.2, 0.25) is 0 Å². The molecule has 190 valence electrons. The first-order valence-electron chi connectivity index (χ1n) is 11.1. The maximum Gasteiger partial charge on any atom is 0.320 e. The Morgan fingerprint density at radius 2 is 1.77 bits per heavy atom. The van der Waals surface area contributed by atoms with E-state index in [2.05, 4.69) is 0 Å². The van der Waals surface area contributed by atoms with E-state index < -0.39 is 70.2 Å².